The summed E-state index contributed by atoms with van der Waals surface area (Å²) in [4.78, 5) is 25.4. The van der Waals surface area contributed by atoms with Crippen LogP contribution >= 0.6 is 0 Å². The number of ketones is 1. The third kappa shape index (κ3) is 3.39. The van der Waals surface area contributed by atoms with E-state index in [0.717, 1.165) is 28.1 Å². The number of carbonyl (C=O) groups is 2. The van der Waals surface area contributed by atoms with Crippen LogP contribution in [-0.4, -0.2) is 18.8 Å². The van der Waals surface area contributed by atoms with Crippen molar-refractivity contribution < 1.29 is 14.3 Å². The zero-order valence-corrected chi connectivity index (χ0v) is 15.6. The van der Waals surface area contributed by atoms with Gasteiger partial charge < -0.3 is 10.1 Å². The predicted molar refractivity (Wildman–Crippen MR) is 104 cm³/mol. The Morgan fingerprint density at radius 2 is 1.74 bits per heavy atom. The number of methoxy groups -OCH3 is 1. The maximum atomic E-state index is 13.1. The topological polar surface area (TPSA) is 55.4 Å². The molecule has 2 atom stereocenters. The highest BCUT2D eigenvalue weighted by atomic mass is 16.5. The van der Waals surface area contributed by atoms with Crippen LogP contribution in [0.4, 0.5) is 0 Å². The molecule has 1 N–H and O–H groups in total. The number of carbonyl (C=O) groups excluding carboxylic acids is 2. The summed E-state index contributed by atoms with van der Waals surface area (Å²) in [6, 6.07) is 16.0. The lowest BCUT2D eigenvalue weighted by atomic mass is 9.73. The monoisotopic (exact) mass is 361 g/mol. The fourth-order valence-corrected chi connectivity index (χ4v) is 4.17. The second-order valence-corrected chi connectivity index (χ2v) is 7.41. The van der Waals surface area contributed by atoms with Gasteiger partial charge in [0.15, 0.2) is 5.78 Å². The van der Waals surface area contributed by atoms with Crippen molar-refractivity contribution >= 4 is 11.7 Å². The Balaban J connectivity index is 1.69. The average Bonchev–Trinajstić information content (AvgIpc) is 2.67. The highest BCUT2D eigenvalue weighted by Crippen LogP contribution is 2.42. The molecule has 2 aromatic rings. The van der Waals surface area contributed by atoms with E-state index in [1.807, 2.05) is 55.5 Å². The Morgan fingerprint density at radius 3 is 2.48 bits per heavy atom. The maximum absolute atomic E-state index is 13.1. The number of aryl methyl sites for hydroxylation is 1. The van der Waals surface area contributed by atoms with E-state index in [4.69, 9.17) is 4.74 Å². The molecule has 0 saturated carbocycles. The third-order valence-electron chi connectivity index (χ3n) is 5.58. The van der Waals surface area contributed by atoms with Gasteiger partial charge in [-0.3, -0.25) is 9.59 Å². The van der Waals surface area contributed by atoms with Gasteiger partial charge in [0.1, 0.15) is 5.75 Å². The number of hydrogen-bond acceptors (Lipinski definition) is 3. The van der Waals surface area contributed by atoms with E-state index >= 15 is 0 Å². The molecule has 0 saturated heterocycles. The van der Waals surface area contributed by atoms with Crippen LogP contribution in [0.25, 0.3) is 0 Å². The van der Waals surface area contributed by atoms with Crippen molar-refractivity contribution in [2.75, 3.05) is 7.11 Å². The second-order valence-electron chi connectivity index (χ2n) is 7.41. The van der Waals surface area contributed by atoms with Crippen molar-refractivity contribution in [1.82, 2.24) is 5.32 Å². The minimum atomic E-state index is -0.145. The Morgan fingerprint density at radius 1 is 0.963 bits per heavy atom. The molecule has 138 valence electrons. The maximum Gasteiger partial charge on any atom is 0.225 e. The molecular formula is C23H23NO3. The van der Waals surface area contributed by atoms with E-state index in [-0.39, 0.29) is 23.5 Å². The molecule has 4 heteroatoms. The average molecular weight is 361 g/mol. The summed E-state index contributed by atoms with van der Waals surface area (Å²) >= 11 is 0. The molecule has 1 amide bonds. The van der Waals surface area contributed by atoms with Gasteiger partial charge in [-0.25, -0.2) is 0 Å². The molecule has 0 fully saturated rings. The van der Waals surface area contributed by atoms with Crippen LogP contribution in [0.2, 0.25) is 0 Å². The summed E-state index contributed by atoms with van der Waals surface area (Å²) in [6.45, 7) is 2.03. The highest BCUT2D eigenvalue weighted by Gasteiger charge is 2.38. The normalized spacial score (nSPS) is 22.3. The number of hydrogen-bond donors (Lipinski definition) is 1. The van der Waals surface area contributed by atoms with E-state index in [1.54, 1.807) is 7.11 Å². The van der Waals surface area contributed by atoms with Crippen LogP contribution in [0.1, 0.15) is 47.8 Å². The van der Waals surface area contributed by atoms with Crippen LogP contribution < -0.4 is 10.1 Å². The molecule has 2 unspecified atom stereocenters. The number of nitrogens with one attached hydrogen (secondary N) is 1. The highest BCUT2D eigenvalue weighted by molar-refractivity contribution is 6.02. The van der Waals surface area contributed by atoms with Gasteiger partial charge in [-0.05, 0) is 42.5 Å². The fraction of sp³-hybridized carbons (Fsp3) is 0.304. The van der Waals surface area contributed by atoms with Crippen LogP contribution in [0.3, 0.4) is 0 Å². The largest absolute Gasteiger partial charge is 0.497 e. The first-order chi connectivity index (χ1) is 13.0. The van der Waals surface area contributed by atoms with Gasteiger partial charge >= 0.3 is 0 Å². The van der Waals surface area contributed by atoms with Crippen LogP contribution in [-0.2, 0) is 9.59 Å². The first-order valence-corrected chi connectivity index (χ1v) is 9.31. The van der Waals surface area contributed by atoms with Crippen molar-refractivity contribution in [3.05, 3.63) is 76.5 Å². The molecular weight excluding hydrogens is 338 g/mol. The summed E-state index contributed by atoms with van der Waals surface area (Å²) in [5.41, 5.74) is 4.86. The van der Waals surface area contributed by atoms with Gasteiger partial charge in [0.05, 0.1) is 7.11 Å². The molecule has 0 spiro atoms. The fourth-order valence-electron chi connectivity index (χ4n) is 4.17. The molecule has 2 aromatic carbocycles. The van der Waals surface area contributed by atoms with Gasteiger partial charge in [0.25, 0.3) is 0 Å². The van der Waals surface area contributed by atoms with Gasteiger partial charge in [-0.1, -0.05) is 42.0 Å². The lowest BCUT2D eigenvalue weighted by molar-refractivity contribution is -0.122. The van der Waals surface area contributed by atoms with Gasteiger partial charge in [0.2, 0.25) is 5.91 Å². The molecule has 0 aromatic heterocycles. The van der Waals surface area contributed by atoms with Gasteiger partial charge in [-0.15, -0.1) is 0 Å². The summed E-state index contributed by atoms with van der Waals surface area (Å²) in [7, 11) is 1.64. The molecule has 2 aliphatic rings. The summed E-state index contributed by atoms with van der Waals surface area (Å²) in [5.74, 6) is 0.814. The number of Topliss-reactive ketones (excluding diaryl/α,β-unsaturated/α-hetero) is 1. The van der Waals surface area contributed by atoms with Gasteiger partial charge in [0, 0.05) is 30.0 Å². The molecule has 0 bridgehead atoms. The summed E-state index contributed by atoms with van der Waals surface area (Å²) < 4.78 is 5.31. The second kappa shape index (κ2) is 7.03. The number of benzene rings is 2. The molecule has 1 aliphatic heterocycles. The number of ether oxygens (including phenoxy) is 1. The van der Waals surface area contributed by atoms with Crippen LogP contribution in [0, 0.1) is 6.92 Å². The molecule has 27 heavy (non-hydrogen) atoms. The standard InChI is InChI=1S/C23H23NO3/c1-14-6-8-15(9-7-14)19-13-22(26)24-20-11-17(12-21(25)23(19)20)16-4-3-5-18(10-16)27-2/h3-10,17,19H,11-13H2,1-2H3,(H,24,26). The number of amides is 1. The predicted octanol–water partition coefficient (Wildman–Crippen LogP) is 4.01. The number of rotatable bonds is 3. The van der Waals surface area contributed by atoms with Crippen molar-refractivity contribution in [1.29, 1.82) is 0 Å². The molecule has 1 heterocycles. The van der Waals surface area contributed by atoms with Crippen LogP contribution in [0.5, 0.6) is 5.75 Å². The zero-order valence-electron chi connectivity index (χ0n) is 15.6. The molecule has 1 aliphatic carbocycles. The Labute approximate surface area is 159 Å². The Bertz CT molecular complexity index is 927. The van der Waals surface area contributed by atoms with Crippen molar-refractivity contribution in [3.63, 3.8) is 0 Å². The van der Waals surface area contributed by atoms with Gasteiger partial charge in [-0.2, -0.15) is 0 Å². The summed E-state index contributed by atoms with van der Waals surface area (Å²) in [5, 5.41) is 2.98. The lowest BCUT2D eigenvalue weighted by Gasteiger charge is -2.34. The third-order valence-corrected chi connectivity index (χ3v) is 5.58. The lowest BCUT2D eigenvalue weighted by Crippen LogP contribution is -2.38. The first kappa shape index (κ1) is 17.5. The molecule has 4 rings (SSSR count). The quantitative estimate of drug-likeness (QED) is 0.899. The van der Waals surface area contributed by atoms with E-state index in [1.165, 1.54) is 5.56 Å². The minimum absolute atomic E-state index is 0.0154. The smallest absolute Gasteiger partial charge is 0.225 e. The van der Waals surface area contributed by atoms with Crippen LogP contribution in [0.15, 0.2) is 59.8 Å². The van der Waals surface area contributed by atoms with Crippen molar-refractivity contribution in [2.45, 2.75) is 38.0 Å². The van der Waals surface area contributed by atoms with Crippen molar-refractivity contribution in [3.8, 4) is 5.75 Å². The Kier molecular flexibility index (Phi) is 4.56. The van der Waals surface area contributed by atoms with E-state index < -0.39 is 0 Å². The summed E-state index contributed by atoms with van der Waals surface area (Å²) in [6.07, 6.45) is 1.46. The van der Waals surface area contributed by atoms with Crippen molar-refractivity contribution in [2.24, 2.45) is 0 Å². The number of allylic oxidation sites excluding steroid dienone is 2. The Hall–Kier alpha value is -2.88. The SMILES string of the molecule is COc1cccc(C2CC(=O)C3=C(C2)NC(=O)CC3c2ccc(C)cc2)c1. The van der Waals surface area contributed by atoms with E-state index in [9.17, 15) is 9.59 Å². The molecule has 4 nitrogen and oxygen atoms in total. The molecule has 0 radical (unpaired) electrons. The zero-order chi connectivity index (χ0) is 19.0. The van der Waals surface area contributed by atoms with E-state index in [2.05, 4.69) is 5.32 Å². The minimum Gasteiger partial charge on any atom is -0.497 e. The first-order valence-electron chi connectivity index (χ1n) is 9.31. The van der Waals surface area contributed by atoms with E-state index in [0.29, 0.717) is 19.3 Å².